The zero-order chi connectivity index (χ0) is 17.8. The number of nitrogens with zero attached hydrogens (tertiary/aromatic N) is 2. The van der Waals surface area contributed by atoms with Crippen molar-refractivity contribution in [2.75, 3.05) is 0 Å². The highest BCUT2D eigenvalue weighted by Crippen LogP contribution is 2.36. The molecule has 4 nitrogen and oxygen atoms in total. The lowest BCUT2D eigenvalue weighted by Gasteiger charge is -2.32. The van der Waals surface area contributed by atoms with Crippen molar-refractivity contribution in [1.29, 1.82) is 0 Å². The first-order valence-corrected chi connectivity index (χ1v) is 7.58. The molecule has 0 radical (unpaired) electrons. The molecule has 1 aliphatic rings. The van der Waals surface area contributed by atoms with Crippen LogP contribution in [0, 0.1) is 0 Å². The van der Waals surface area contributed by atoms with E-state index in [-0.39, 0.29) is 0 Å². The van der Waals surface area contributed by atoms with E-state index in [1.54, 1.807) is 12.3 Å². The molecule has 2 heterocycles. The van der Waals surface area contributed by atoms with Crippen molar-refractivity contribution in [3.05, 3.63) is 42.1 Å². The number of hydrogen-bond acceptors (Lipinski definition) is 3. The maximum atomic E-state index is 12.7. The maximum Gasteiger partial charge on any atom is 0.514 e. The highest BCUT2D eigenvalue weighted by molar-refractivity contribution is 6.61. The second-order valence-corrected chi connectivity index (χ2v) is 6.80. The number of benzene rings is 1. The molecule has 0 bridgehead atoms. The minimum Gasteiger partial charge on any atom is -0.398 e. The molecule has 0 amide bonds. The number of rotatable bonds is 2. The summed E-state index contributed by atoms with van der Waals surface area (Å²) >= 11 is 0. The van der Waals surface area contributed by atoms with Crippen LogP contribution in [0.5, 0.6) is 0 Å². The third-order valence-corrected chi connectivity index (χ3v) is 4.61. The van der Waals surface area contributed by atoms with Gasteiger partial charge in [-0.15, -0.1) is 0 Å². The summed E-state index contributed by atoms with van der Waals surface area (Å²) in [4.78, 5) is 0. The van der Waals surface area contributed by atoms with Crippen LogP contribution >= 0.6 is 0 Å². The Bertz CT molecular complexity index is 723. The quantitative estimate of drug-likeness (QED) is 0.789. The summed E-state index contributed by atoms with van der Waals surface area (Å²) in [5, 5.41) is 4.19. The molecule has 2 aromatic rings. The van der Waals surface area contributed by atoms with E-state index in [1.807, 2.05) is 27.7 Å². The average molecular weight is 338 g/mol. The lowest BCUT2D eigenvalue weighted by atomic mass is 9.84. The Labute approximate surface area is 138 Å². The Hall–Kier alpha value is -1.80. The van der Waals surface area contributed by atoms with Crippen LogP contribution in [0.3, 0.4) is 0 Å². The SMILES string of the molecule is CC1(C)OB(c2ccnn2-c2ccc(C(F)(F)F)cc2)OC1(C)C. The summed E-state index contributed by atoms with van der Waals surface area (Å²) in [6.45, 7) is 7.75. The first-order chi connectivity index (χ1) is 11.0. The molecule has 0 atom stereocenters. The minimum atomic E-state index is -4.36. The Balaban J connectivity index is 1.92. The molecule has 1 fully saturated rings. The molecule has 0 N–H and O–H groups in total. The molecule has 128 valence electrons. The third-order valence-electron chi connectivity index (χ3n) is 4.61. The second kappa shape index (κ2) is 5.36. The summed E-state index contributed by atoms with van der Waals surface area (Å²) in [7, 11) is -0.639. The number of alkyl halides is 3. The van der Waals surface area contributed by atoms with E-state index in [2.05, 4.69) is 5.10 Å². The standard InChI is InChI=1S/C16H18BF3N2O2/c1-14(2)15(3,4)24-17(23-14)13-9-10-21-22(13)12-7-5-11(6-8-12)16(18,19)20/h5-10H,1-4H3. The molecule has 0 spiro atoms. The summed E-state index contributed by atoms with van der Waals surface area (Å²) < 4.78 is 51.6. The monoisotopic (exact) mass is 338 g/mol. The molecule has 8 heteroatoms. The van der Waals surface area contributed by atoms with Gasteiger partial charge in [0.15, 0.2) is 0 Å². The predicted octanol–water partition coefficient (Wildman–Crippen LogP) is 3.19. The van der Waals surface area contributed by atoms with Crippen LogP contribution in [0.1, 0.15) is 33.3 Å². The lowest BCUT2D eigenvalue weighted by Crippen LogP contribution is -2.41. The van der Waals surface area contributed by atoms with Crippen molar-refractivity contribution >= 4 is 12.7 Å². The minimum absolute atomic E-state index is 0.507. The number of hydrogen-bond donors (Lipinski definition) is 0. The van der Waals surface area contributed by atoms with Crippen LogP contribution in [0.25, 0.3) is 5.69 Å². The van der Waals surface area contributed by atoms with Gasteiger partial charge in [-0.1, -0.05) is 0 Å². The maximum absolute atomic E-state index is 12.7. The van der Waals surface area contributed by atoms with E-state index in [0.29, 0.717) is 11.3 Å². The molecule has 1 aliphatic heterocycles. The largest absolute Gasteiger partial charge is 0.514 e. The first-order valence-electron chi connectivity index (χ1n) is 7.58. The predicted molar refractivity (Wildman–Crippen MR) is 84.3 cm³/mol. The topological polar surface area (TPSA) is 36.3 Å². The van der Waals surface area contributed by atoms with Crippen molar-refractivity contribution < 1.29 is 22.5 Å². The van der Waals surface area contributed by atoms with Crippen LogP contribution in [-0.4, -0.2) is 28.1 Å². The fourth-order valence-electron chi connectivity index (χ4n) is 2.46. The molecular weight excluding hydrogens is 320 g/mol. The third kappa shape index (κ3) is 2.84. The molecule has 0 saturated carbocycles. The van der Waals surface area contributed by atoms with Crippen LogP contribution in [-0.2, 0) is 15.5 Å². The Morgan fingerprint density at radius 3 is 2.00 bits per heavy atom. The van der Waals surface area contributed by atoms with Gasteiger partial charge in [-0.25, -0.2) is 4.68 Å². The van der Waals surface area contributed by atoms with Crippen LogP contribution < -0.4 is 5.59 Å². The van der Waals surface area contributed by atoms with E-state index < -0.39 is 30.1 Å². The van der Waals surface area contributed by atoms with Crippen LogP contribution in [0.15, 0.2) is 36.5 Å². The van der Waals surface area contributed by atoms with Crippen molar-refractivity contribution in [1.82, 2.24) is 9.78 Å². The highest BCUT2D eigenvalue weighted by atomic mass is 19.4. The van der Waals surface area contributed by atoms with Gasteiger partial charge in [0.1, 0.15) is 0 Å². The molecule has 0 aliphatic carbocycles. The molecule has 1 saturated heterocycles. The molecule has 1 aromatic heterocycles. The smallest absolute Gasteiger partial charge is 0.398 e. The lowest BCUT2D eigenvalue weighted by molar-refractivity contribution is -0.137. The summed E-state index contributed by atoms with van der Waals surface area (Å²) in [6.07, 6.45) is -2.80. The first kappa shape index (κ1) is 17.0. The average Bonchev–Trinajstić information content (AvgIpc) is 3.01. The fraction of sp³-hybridized carbons (Fsp3) is 0.438. The van der Waals surface area contributed by atoms with Crippen molar-refractivity contribution in [2.24, 2.45) is 0 Å². The Morgan fingerprint density at radius 2 is 1.50 bits per heavy atom. The van der Waals surface area contributed by atoms with Gasteiger partial charge in [0.25, 0.3) is 0 Å². The van der Waals surface area contributed by atoms with Crippen LogP contribution in [0.4, 0.5) is 13.2 Å². The molecular formula is C16H18BF3N2O2. The summed E-state index contributed by atoms with van der Waals surface area (Å²) in [6, 6.07) is 6.56. The second-order valence-electron chi connectivity index (χ2n) is 6.80. The van der Waals surface area contributed by atoms with Gasteiger partial charge >= 0.3 is 13.3 Å². The van der Waals surface area contributed by atoms with Gasteiger partial charge in [0, 0.05) is 6.20 Å². The van der Waals surface area contributed by atoms with Gasteiger partial charge in [-0.05, 0) is 58.0 Å². The molecule has 24 heavy (non-hydrogen) atoms. The van der Waals surface area contributed by atoms with Crippen molar-refractivity contribution in [3.63, 3.8) is 0 Å². The van der Waals surface area contributed by atoms with Gasteiger partial charge < -0.3 is 9.31 Å². The number of halogens is 3. The van der Waals surface area contributed by atoms with E-state index in [1.165, 1.54) is 16.8 Å². The summed E-state index contributed by atoms with van der Waals surface area (Å²) in [5.41, 5.74) is -0.568. The zero-order valence-electron chi connectivity index (χ0n) is 13.9. The van der Waals surface area contributed by atoms with Crippen molar-refractivity contribution in [2.45, 2.75) is 45.1 Å². The van der Waals surface area contributed by atoms with Gasteiger partial charge in [-0.3, -0.25) is 0 Å². The highest BCUT2D eigenvalue weighted by Gasteiger charge is 2.52. The number of aromatic nitrogens is 2. The van der Waals surface area contributed by atoms with Gasteiger partial charge in [-0.2, -0.15) is 18.3 Å². The summed E-state index contributed by atoms with van der Waals surface area (Å²) in [5.74, 6) is 0. The van der Waals surface area contributed by atoms with E-state index in [0.717, 1.165) is 12.1 Å². The molecule has 0 unspecified atom stereocenters. The Kier molecular flexibility index (Phi) is 3.80. The zero-order valence-corrected chi connectivity index (χ0v) is 13.9. The van der Waals surface area contributed by atoms with Crippen LogP contribution in [0.2, 0.25) is 0 Å². The van der Waals surface area contributed by atoms with Gasteiger partial charge in [0.05, 0.1) is 28.0 Å². The molecule has 1 aromatic carbocycles. The Morgan fingerprint density at radius 1 is 0.958 bits per heavy atom. The normalized spacial score (nSPS) is 19.7. The van der Waals surface area contributed by atoms with E-state index >= 15 is 0 Å². The van der Waals surface area contributed by atoms with E-state index in [4.69, 9.17) is 9.31 Å². The van der Waals surface area contributed by atoms with Gasteiger partial charge in [0.2, 0.25) is 0 Å². The van der Waals surface area contributed by atoms with Crippen molar-refractivity contribution in [3.8, 4) is 5.69 Å². The fourth-order valence-corrected chi connectivity index (χ4v) is 2.46. The molecule has 3 rings (SSSR count). The van der Waals surface area contributed by atoms with E-state index in [9.17, 15) is 13.2 Å².